The molecule has 5 aromatic heterocycles. The highest BCUT2D eigenvalue weighted by atomic mass is 32.1. The van der Waals surface area contributed by atoms with Gasteiger partial charge in [-0.15, -0.1) is 26.6 Å². The molecule has 9 heteroatoms. The van der Waals surface area contributed by atoms with Crippen molar-refractivity contribution in [1.82, 2.24) is 24.8 Å². The van der Waals surface area contributed by atoms with Crippen LogP contribution in [0.2, 0.25) is 0 Å². The van der Waals surface area contributed by atoms with Gasteiger partial charge in [-0.25, -0.2) is 4.98 Å². The fraction of sp³-hybridized carbons (Fsp3) is 0.0588. The zero-order valence-electron chi connectivity index (χ0n) is 13.4. The molecular weight excluding hydrogens is 368 g/mol. The molecule has 0 aliphatic carbocycles. The van der Waals surface area contributed by atoms with Crippen LogP contribution in [0.15, 0.2) is 57.2 Å². The number of aromatic nitrogens is 5. The van der Waals surface area contributed by atoms with Crippen molar-refractivity contribution in [3.05, 3.63) is 58.4 Å². The molecule has 128 valence electrons. The predicted molar refractivity (Wildman–Crippen MR) is 101 cm³/mol. The summed E-state index contributed by atoms with van der Waals surface area (Å²) in [5, 5.41) is 22.3. The Morgan fingerprint density at radius 1 is 1.12 bits per heavy atom. The van der Waals surface area contributed by atoms with Crippen LogP contribution in [-0.2, 0) is 6.54 Å². The SMILES string of the molecule is c1csc(-c2nc(CNc3ccc4nnc(-c5ccsc5)n4n3)co2)c1. The Hall–Kier alpha value is -3.04. The molecule has 0 radical (unpaired) electrons. The van der Waals surface area contributed by atoms with E-state index in [0.717, 1.165) is 27.8 Å². The third kappa shape index (κ3) is 2.76. The highest BCUT2D eigenvalue weighted by Crippen LogP contribution is 2.24. The number of thiophene rings is 2. The van der Waals surface area contributed by atoms with Crippen molar-refractivity contribution in [1.29, 1.82) is 0 Å². The van der Waals surface area contributed by atoms with Gasteiger partial charge in [-0.2, -0.15) is 15.9 Å². The number of nitrogens with one attached hydrogen (secondary N) is 1. The zero-order chi connectivity index (χ0) is 17.3. The lowest BCUT2D eigenvalue weighted by Crippen LogP contribution is -2.05. The minimum absolute atomic E-state index is 0.517. The van der Waals surface area contributed by atoms with Gasteiger partial charge in [0.15, 0.2) is 11.5 Å². The van der Waals surface area contributed by atoms with E-state index in [1.54, 1.807) is 33.5 Å². The molecule has 1 N–H and O–H groups in total. The van der Waals surface area contributed by atoms with Gasteiger partial charge in [-0.05, 0) is 35.0 Å². The maximum absolute atomic E-state index is 5.54. The maximum Gasteiger partial charge on any atom is 0.236 e. The first-order chi connectivity index (χ1) is 12.9. The number of nitrogens with zero attached hydrogens (tertiary/aromatic N) is 5. The average Bonchev–Trinajstić information content (AvgIpc) is 3.46. The minimum atomic E-state index is 0.517. The van der Waals surface area contributed by atoms with Crippen LogP contribution in [0.1, 0.15) is 5.69 Å². The van der Waals surface area contributed by atoms with Crippen LogP contribution in [0.4, 0.5) is 5.82 Å². The quantitative estimate of drug-likeness (QED) is 0.493. The van der Waals surface area contributed by atoms with Crippen molar-refractivity contribution in [2.45, 2.75) is 6.54 Å². The second kappa shape index (κ2) is 6.36. The highest BCUT2D eigenvalue weighted by Gasteiger charge is 2.11. The fourth-order valence-electron chi connectivity index (χ4n) is 2.54. The average molecular weight is 380 g/mol. The summed E-state index contributed by atoms with van der Waals surface area (Å²) in [5.41, 5.74) is 2.53. The van der Waals surface area contributed by atoms with E-state index in [1.165, 1.54) is 0 Å². The molecule has 7 nitrogen and oxygen atoms in total. The summed E-state index contributed by atoms with van der Waals surface area (Å²) in [6, 6.07) is 9.73. The molecule has 0 aliphatic heterocycles. The van der Waals surface area contributed by atoms with E-state index in [0.29, 0.717) is 18.1 Å². The molecule has 0 atom stereocenters. The van der Waals surface area contributed by atoms with Crippen LogP contribution in [0.5, 0.6) is 0 Å². The first-order valence-corrected chi connectivity index (χ1v) is 9.66. The molecule has 0 fully saturated rings. The third-order valence-corrected chi connectivity index (χ3v) is 5.32. The molecule has 0 unspecified atom stereocenters. The second-order valence-corrected chi connectivity index (χ2v) is 7.23. The monoisotopic (exact) mass is 380 g/mol. The molecule has 0 spiro atoms. The van der Waals surface area contributed by atoms with E-state index in [9.17, 15) is 0 Å². The summed E-state index contributed by atoms with van der Waals surface area (Å²) in [6.07, 6.45) is 1.66. The predicted octanol–water partition coefficient (Wildman–Crippen LogP) is 4.18. The van der Waals surface area contributed by atoms with Crippen LogP contribution in [0.25, 0.3) is 27.8 Å². The topological polar surface area (TPSA) is 81.1 Å². The Bertz CT molecular complexity index is 1140. The van der Waals surface area contributed by atoms with Crippen molar-refractivity contribution < 1.29 is 4.42 Å². The van der Waals surface area contributed by atoms with Crippen molar-refractivity contribution in [3.8, 4) is 22.2 Å². The first-order valence-electron chi connectivity index (χ1n) is 7.84. The fourth-order valence-corrected chi connectivity index (χ4v) is 3.83. The van der Waals surface area contributed by atoms with E-state index in [-0.39, 0.29) is 0 Å². The summed E-state index contributed by atoms with van der Waals surface area (Å²) in [7, 11) is 0. The first kappa shape index (κ1) is 15.2. The minimum Gasteiger partial charge on any atom is -0.443 e. The van der Waals surface area contributed by atoms with Crippen LogP contribution >= 0.6 is 22.7 Å². The van der Waals surface area contributed by atoms with Gasteiger partial charge in [-0.3, -0.25) is 0 Å². The van der Waals surface area contributed by atoms with Gasteiger partial charge >= 0.3 is 0 Å². The van der Waals surface area contributed by atoms with E-state index in [2.05, 4.69) is 25.6 Å². The Morgan fingerprint density at radius 2 is 2.12 bits per heavy atom. The molecule has 5 rings (SSSR count). The van der Waals surface area contributed by atoms with E-state index < -0.39 is 0 Å². The van der Waals surface area contributed by atoms with E-state index in [1.807, 2.05) is 46.5 Å². The van der Waals surface area contributed by atoms with E-state index >= 15 is 0 Å². The molecule has 0 amide bonds. The van der Waals surface area contributed by atoms with Gasteiger partial charge < -0.3 is 9.73 Å². The summed E-state index contributed by atoms with van der Waals surface area (Å²) in [5.74, 6) is 2.08. The van der Waals surface area contributed by atoms with Crippen molar-refractivity contribution >= 4 is 34.1 Å². The lowest BCUT2D eigenvalue weighted by molar-refractivity contribution is 0.574. The molecule has 0 saturated carbocycles. The third-order valence-electron chi connectivity index (χ3n) is 3.78. The van der Waals surface area contributed by atoms with Crippen LogP contribution < -0.4 is 5.32 Å². The maximum atomic E-state index is 5.54. The summed E-state index contributed by atoms with van der Waals surface area (Å²) in [4.78, 5) is 5.52. The van der Waals surface area contributed by atoms with E-state index in [4.69, 9.17) is 4.42 Å². The molecule has 5 aromatic rings. The van der Waals surface area contributed by atoms with Crippen LogP contribution in [0, 0.1) is 0 Å². The molecule has 26 heavy (non-hydrogen) atoms. The standard InChI is InChI=1S/C17H12N6OS2/c1-2-13(26-6-1)17-19-12(9-24-17)8-18-14-3-4-15-20-21-16(23(15)22-14)11-5-7-25-10-11/h1-7,9-10H,8H2,(H,18,22). The normalized spacial score (nSPS) is 11.2. The highest BCUT2D eigenvalue weighted by molar-refractivity contribution is 7.13. The van der Waals surface area contributed by atoms with Gasteiger partial charge in [0.1, 0.15) is 12.1 Å². The zero-order valence-corrected chi connectivity index (χ0v) is 15.0. The van der Waals surface area contributed by atoms with Crippen molar-refractivity contribution in [2.75, 3.05) is 5.32 Å². The molecule has 0 saturated heterocycles. The van der Waals surface area contributed by atoms with Crippen LogP contribution in [0.3, 0.4) is 0 Å². The van der Waals surface area contributed by atoms with Gasteiger partial charge in [0, 0.05) is 10.9 Å². The molecule has 5 heterocycles. The molecule has 0 aliphatic rings. The number of fused-ring (bicyclic) bond motifs is 1. The Morgan fingerprint density at radius 3 is 2.96 bits per heavy atom. The number of oxazole rings is 1. The summed E-state index contributed by atoms with van der Waals surface area (Å²) in [6.45, 7) is 0.517. The molecule has 0 bridgehead atoms. The number of hydrogen-bond donors (Lipinski definition) is 1. The van der Waals surface area contributed by atoms with Gasteiger partial charge in [0.05, 0.1) is 17.1 Å². The lowest BCUT2D eigenvalue weighted by Gasteiger charge is -2.04. The number of anilines is 1. The van der Waals surface area contributed by atoms with Gasteiger partial charge in [-0.1, -0.05) is 6.07 Å². The van der Waals surface area contributed by atoms with Crippen molar-refractivity contribution in [2.24, 2.45) is 0 Å². The number of rotatable bonds is 5. The van der Waals surface area contributed by atoms with Gasteiger partial charge in [0.25, 0.3) is 0 Å². The largest absolute Gasteiger partial charge is 0.443 e. The lowest BCUT2D eigenvalue weighted by atomic mass is 10.3. The number of hydrogen-bond acceptors (Lipinski definition) is 8. The summed E-state index contributed by atoms with van der Waals surface area (Å²) >= 11 is 3.22. The Labute approximate surface area is 156 Å². The smallest absolute Gasteiger partial charge is 0.236 e. The van der Waals surface area contributed by atoms with Crippen molar-refractivity contribution in [3.63, 3.8) is 0 Å². The van der Waals surface area contributed by atoms with Crippen LogP contribution in [-0.4, -0.2) is 24.8 Å². The second-order valence-electron chi connectivity index (χ2n) is 5.50. The summed E-state index contributed by atoms with van der Waals surface area (Å²) < 4.78 is 7.28. The Kier molecular flexibility index (Phi) is 3.72. The molecular formula is C17H12N6OS2. The molecule has 0 aromatic carbocycles. The Balaban J connectivity index is 1.37. The van der Waals surface area contributed by atoms with Gasteiger partial charge in [0.2, 0.25) is 5.89 Å².